The number of hydrogen-bond donors (Lipinski definition) is 1. The Morgan fingerprint density at radius 1 is 1.35 bits per heavy atom. The first-order chi connectivity index (χ1) is 9.81. The van der Waals surface area contributed by atoms with E-state index in [4.69, 9.17) is 15.0 Å². The predicted molar refractivity (Wildman–Crippen MR) is 74.7 cm³/mol. The van der Waals surface area contributed by atoms with Gasteiger partial charge in [-0.25, -0.2) is 0 Å². The number of aromatic nitrogens is 2. The Morgan fingerprint density at radius 3 is 2.70 bits per heavy atom. The molecule has 0 bridgehead atoms. The fourth-order valence-corrected chi connectivity index (χ4v) is 2.25. The largest absolute Gasteiger partial charge is 0.370 e. The Morgan fingerprint density at radius 2 is 2.10 bits per heavy atom. The minimum Gasteiger partial charge on any atom is -0.370 e. The van der Waals surface area contributed by atoms with E-state index in [2.05, 4.69) is 10.1 Å². The molecule has 3 rings (SSSR count). The van der Waals surface area contributed by atoms with Crippen LogP contribution in [0.5, 0.6) is 0 Å². The Labute approximate surface area is 118 Å². The molecule has 1 aliphatic carbocycles. The minimum absolute atomic E-state index is 0.0270. The zero-order chi connectivity index (χ0) is 13.9. The van der Waals surface area contributed by atoms with Gasteiger partial charge in [-0.15, -0.1) is 0 Å². The molecule has 1 atom stereocenters. The molecule has 1 unspecified atom stereocenters. The molecule has 0 spiro atoms. The first-order valence-corrected chi connectivity index (χ1v) is 7.06. The Balaban J connectivity index is 1.81. The zero-order valence-electron chi connectivity index (χ0n) is 11.6. The van der Waals surface area contributed by atoms with Crippen LogP contribution in [0.3, 0.4) is 0 Å². The highest BCUT2D eigenvalue weighted by molar-refractivity contribution is 5.53. The molecule has 0 aliphatic heterocycles. The number of nitrogens with zero attached hydrogens (tertiary/aromatic N) is 2. The molecule has 0 saturated heterocycles. The van der Waals surface area contributed by atoms with E-state index in [0.717, 1.165) is 11.1 Å². The first kappa shape index (κ1) is 13.3. The van der Waals surface area contributed by atoms with Gasteiger partial charge in [0.1, 0.15) is 6.10 Å². The van der Waals surface area contributed by atoms with E-state index in [1.165, 1.54) is 12.8 Å². The van der Waals surface area contributed by atoms with Crippen molar-refractivity contribution in [2.45, 2.75) is 32.4 Å². The average Bonchev–Trinajstić information content (AvgIpc) is 3.21. The summed E-state index contributed by atoms with van der Waals surface area (Å²) < 4.78 is 11.1. The van der Waals surface area contributed by atoms with Crippen LogP contribution in [0.25, 0.3) is 11.5 Å². The maximum Gasteiger partial charge on any atom is 0.258 e. The quantitative estimate of drug-likeness (QED) is 0.875. The highest BCUT2D eigenvalue weighted by Gasteiger charge is 2.36. The molecule has 20 heavy (non-hydrogen) atoms. The number of rotatable bonds is 6. The van der Waals surface area contributed by atoms with Crippen molar-refractivity contribution in [1.82, 2.24) is 10.1 Å². The van der Waals surface area contributed by atoms with E-state index in [0.29, 0.717) is 30.8 Å². The van der Waals surface area contributed by atoms with Crippen molar-refractivity contribution in [2.24, 2.45) is 11.7 Å². The Kier molecular flexibility index (Phi) is 3.80. The highest BCUT2D eigenvalue weighted by Crippen LogP contribution is 2.42. The SMILES string of the molecule is CCOC(c1noc(-c2ccc(CN)cc2)n1)C1CC1. The fraction of sp³-hybridized carbons (Fsp3) is 0.467. The lowest BCUT2D eigenvalue weighted by Gasteiger charge is -2.10. The van der Waals surface area contributed by atoms with Crippen molar-refractivity contribution in [2.75, 3.05) is 6.61 Å². The van der Waals surface area contributed by atoms with Gasteiger partial charge in [0.15, 0.2) is 0 Å². The van der Waals surface area contributed by atoms with Crippen LogP contribution in [0.1, 0.15) is 37.3 Å². The van der Waals surface area contributed by atoms with Gasteiger partial charge in [-0.2, -0.15) is 4.98 Å². The molecule has 5 nitrogen and oxygen atoms in total. The van der Waals surface area contributed by atoms with Crippen LogP contribution in [0.4, 0.5) is 0 Å². The van der Waals surface area contributed by atoms with Gasteiger partial charge in [-0.05, 0) is 43.4 Å². The second-order valence-corrected chi connectivity index (χ2v) is 5.07. The first-order valence-electron chi connectivity index (χ1n) is 7.06. The lowest BCUT2D eigenvalue weighted by atomic mass is 10.1. The zero-order valence-corrected chi connectivity index (χ0v) is 11.6. The minimum atomic E-state index is -0.0270. The lowest BCUT2D eigenvalue weighted by molar-refractivity contribution is 0.0385. The summed E-state index contributed by atoms with van der Waals surface area (Å²) in [5.74, 6) is 1.74. The third-order valence-electron chi connectivity index (χ3n) is 3.53. The number of hydrogen-bond acceptors (Lipinski definition) is 5. The van der Waals surface area contributed by atoms with Crippen molar-refractivity contribution >= 4 is 0 Å². The average molecular weight is 273 g/mol. The molecule has 1 fully saturated rings. The van der Waals surface area contributed by atoms with Crippen LogP contribution in [0.2, 0.25) is 0 Å². The molecule has 1 aliphatic rings. The second kappa shape index (κ2) is 5.73. The van der Waals surface area contributed by atoms with Gasteiger partial charge in [0.25, 0.3) is 5.89 Å². The van der Waals surface area contributed by atoms with Gasteiger partial charge < -0.3 is 15.0 Å². The summed E-state index contributed by atoms with van der Waals surface area (Å²) in [6.45, 7) is 3.18. The van der Waals surface area contributed by atoms with Crippen LogP contribution in [0, 0.1) is 5.92 Å². The van der Waals surface area contributed by atoms with E-state index in [1.807, 2.05) is 31.2 Å². The molecule has 5 heteroatoms. The third kappa shape index (κ3) is 2.73. The van der Waals surface area contributed by atoms with Gasteiger partial charge in [-0.3, -0.25) is 0 Å². The van der Waals surface area contributed by atoms with E-state index >= 15 is 0 Å². The number of benzene rings is 1. The number of nitrogens with two attached hydrogens (primary N) is 1. The lowest BCUT2D eigenvalue weighted by Crippen LogP contribution is -2.08. The van der Waals surface area contributed by atoms with Gasteiger partial charge in [0.05, 0.1) is 0 Å². The van der Waals surface area contributed by atoms with E-state index < -0.39 is 0 Å². The molecule has 106 valence electrons. The fourth-order valence-electron chi connectivity index (χ4n) is 2.25. The van der Waals surface area contributed by atoms with E-state index in [-0.39, 0.29) is 6.10 Å². The highest BCUT2D eigenvalue weighted by atomic mass is 16.5. The topological polar surface area (TPSA) is 74.2 Å². The van der Waals surface area contributed by atoms with Crippen LogP contribution in [-0.2, 0) is 11.3 Å². The Hall–Kier alpha value is -1.72. The molecule has 0 amide bonds. The smallest absolute Gasteiger partial charge is 0.258 e. The summed E-state index contributed by atoms with van der Waals surface area (Å²) in [5, 5.41) is 4.08. The summed E-state index contributed by atoms with van der Waals surface area (Å²) in [7, 11) is 0. The van der Waals surface area contributed by atoms with Crippen LogP contribution < -0.4 is 5.73 Å². The molecule has 1 aromatic heterocycles. The van der Waals surface area contributed by atoms with Gasteiger partial charge >= 0.3 is 0 Å². The maximum atomic E-state index is 5.74. The van der Waals surface area contributed by atoms with Crippen molar-refractivity contribution in [1.29, 1.82) is 0 Å². The molecule has 1 heterocycles. The predicted octanol–water partition coefficient (Wildman–Crippen LogP) is 2.68. The molecule has 2 N–H and O–H groups in total. The molecule has 1 saturated carbocycles. The van der Waals surface area contributed by atoms with E-state index in [9.17, 15) is 0 Å². The standard InChI is InChI=1S/C15H19N3O2/c1-2-19-13(11-7-8-11)14-17-15(20-18-14)12-5-3-10(9-16)4-6-12/h3-6,11,13H,2,7-9,16H2,1H3. The molecular formula is C15H19N3O2. The molecule has 2 aromatic rings. The van der Waals surface area contributed by atoms with Crippen LogP contribution in [0.15, 0.2) is 28.8 Å². The van der Waals surface area contributed by atoms with Crippen molar-refractivity contribution in [3.63, 3.8) is 0 Å². The maximum absolute atomic E-state index is 5.74. The normalized spacial score (nSPS) is 16.3. The van der Waals surface area contributed by atoms with Gasteiger partial charge in [0.2, 0.25) is 5.82 Å². The number of ether oxygens (including phenoxy) is 1. The summed E-state index contributed by atoms with van der Waals surface area (Å²) in [5.41, 5.74) is 7.58. The van der Waals surface area contributed by atoms with Crippen molar-refractivity contribution in [3.05, 3.63) is 35.7 Å². The van der Waals surface area contributed by atoms with Crippen LogP contribution in [-0.4, -0.2) is 16.7 Å². The molecule has 1 aromatic carbocycles. The second-order valence-electron chi connectivity index (χ2n) is 5.07. The molecule has 0 radical (unpaired) electrons. The van der Waals surface area contributed by atoms with E-state index in [1.54, 1.807) is 0 Å². The van der Waals surface area contributed by atoms with Crippen molar-refractivity contribution in [3.8, 4) is 11.5 Å². The summed E-state index contributed by atoms with van der Waals surface area (Å²) in [4.78, 5) is 4.48. The van der Waals surface area contributed by atoms with Gasteiger partial charge in [0, 0.05) is 18.7 Å². The monoisotopic (exact) mass is 273 g/mol. The third-order valence-corrected chi connectivity index (χ3v) is 3.53. The summed E-state index contributed by atoms with van der Waals surface area (Å²) in [6.07, 6.45) is 2.33. The Bertz CT molecular complexity index is 561. The summed E-state index contributed by atoms with van der Waals surface area (Å²) in [6, 6.07) is 7.85. The summed E-state index contributed by atoms with van der Waals surface area (Å²) >= 11 is 0. The van der Waals surface area contributed by atoms with Crippen LogP contribution >= 0.6 is 0 Å². The van der Waals surface area contributed by atoms with Gasteiger partial charge in [-0.1, -0.05) is 17.3 Å². The van der Waals surface area contributed by atoms with Crippen molar-refractivity contribution < 1.29 is 9.26 Å². The molecular weight excluding hydrogens is 254 g/mol.